The van der Waals surface area contributed by atoms with Crippen LogP contribution in [0, 0.1) is 12.7 Å². The van der Waals surface area contributed by atoms with E-state index < -0.39 is 12.0 Å². The normalized spacial score (nSPS) is 17.4. The van der Waals surface area contributed by atoms with Crippen LogP contribution in [0.1, 0.15) is 29.4 Å². The first-order valence-electron chi connectivity index (χ1n) is 11.8. The molecule has 0 unspecified atom stereocenters. The molecule has 2 aliphatic rings. The number of ether oxygens (including phenoxy) is 1. The van der Waals surface area contributed by atoms with Gasteiger partial charge in [0.2, 0.25) is 11.8 Å². The Morgan fingerprint density at radius 3 is 2.81 bits per heavy atom. The summed E-state index contributed by atoms with van der Waals surface area (Å²) >= 11 is 0. The molecular formula is C26H24F2N6O2. The van der Waals surface area contributed by atoms with E-state index in [0.717, 1.165) is 11.1 Å². The predicted molar refractivity (Wildman–Crippen MR) is 130 cm³/mol. The highest BCUT2D eigenvalue weighted by Gasteiger charge is 2.27. The van der Waals surface area contributed by atoms with Crippen LogP contribution in [0.15, 0.2) is 36.7 Å². The molecule has 10 heteroatoms. The Hall–Kier alpha value is -4.08. The van der Waals surface area contributed by atoms with Gasteiger partial charge >= 0.3 is 0 Å². The zero-order valence-electron chi connectivity index (χ0n) is 19.9. The molecule has 8 nitrogen and oxygen atoms in total. The number of hydrogen-bond donors (Lipinski definition) is 1. The highest BCUT2D eigenvalue weighted by Crippen LogP contribution is 2.40. The van der Waals surface area contributed by atoms with E-state index in [-0.39, 0.29) is 31.4 Å². The lowest BCUT2D eigenvalue weighted by atomic mass is 9.93. The zero-order valence-corrected chi connectivity index (χ0v) is 19.9. The van der Waals surface area contributed by atoms with Crippen LogP contribution in [-0.2, 0) is 17.8 Å². The van der Waals surface area contributed by atoms with Crippen LogP contribution in [0.25, 0.3) is 21.9 Å². The van der Waals surface area contributed by atoms with E-state index in [1.54, 1.807) is 35.8 Å². The second-order valence-electron chi connectivity index (χ2n) is 9.24. The summed E-state index contributed by atoms with van der Waals surface area (Å²) in [5.74, 6) is 0.974. The Labute approximate surface area is 205 Å². The van der Waals surface area contributed by atoms with Gasteiger partial charge in [-0.25, -0.2) is 18.7 Å². The molecule has 184 valence electrons. The lowest BCUT2D eigenvalue weighted by molar-refractivity contribution is -0.130. The van der Waals surface area contributed by atoms with Crippen molar-refractivity contribution in [2.24, 2.45) is 0 Å². The summed E-state index contributed by atoms with van der Waals surface area (Å²) in [5, 5.41) is 9.09. The fourth-order valence-corrected chi connectivity index (χ4v) is 4.84. The highest BCUT2D eigenvalue weighted by atomic mass is 19.1. The van der Waals surface area contributed by atoms with Crippen LogP contribution in [0.4, 0.5) is 20.4 Å². The number of benzene rings is 1. The molecule has 1 N–H and O–H groups in total. The summed E-state index contributed by atoms with van der Waals surface area (Å²) in [7, 11) is 1.79. The molecule has 0 saturated carbocycles. The fourth-order valence-electron chi connectivity index (χ4n) is 4.84. The number of aromatic nitrogens is 4. The molecule has 4 aromatic rings. The molecule has 6 rings (SSSR count). The smallest absolute Gasteiger partial charge is 0.244 e. The predicted octanol–water partition coefficient (Wildman–Crippen LogP) is 4.49. The highest BCUT2D eigenvalue weighted by molar-refractivity contribution is 5.89. The minimum atomic E-state index is -1.19. The van der Waals surface area contributed by atoms with Gasteiger partial charge in [0, 0.05) is 67.1 Å². The fraction of sp³-hybridized carbons (Fsp3) is 0.308. The van der Waals surface area contributed by atoms with Crippen molar-refractivity contribution in [2.75, 3.05) is 25.5 Å². The number of anilines is 2. The molecule has 1 amide bonds. The maximum Gasteiger partial charge on any atom is 0.244 e. The van der Waals surface area contributed by atoms with Crippen molar-refractivity contribution < 1.29 is 18.3 Å². The number of hydrogen-bond acceptors (Lipinski definition) is 6. The second-order valence-corrected chi connectivity index (χ2v) is 9.24. The second kappa shape index (κ2) is 8.54. The number of amides is 1. The number of pyridine rings is 2. The van der Waals surface area contributed by atoms with Gasteiger partial charge in [-0.2, -0.15) is 5.10 Å². The monoisotopic (exact) mass is 490 g/mol. The number of likely N-dealkylation sites (N-methyl/N-ethyl adjacent to an activating group) is 1. The van der Waals surface area contributed by atoms with Crippen LogP contribution in [0.3, 0.4) is 0 Å². The minimum Gasteiger partial charge on any atom is -0.477 e. The van der Waals surface area contributed by atoms with E-state index in [4.69, 9.17) is 4.74 Å². The van der Waals surface area contributed by atoms with Crippen molar-refractivity contribution in [1.29, 1.82) is 0 Å². The number of fused-ring (bicyclic) bond motifs is 3. The Kier molecular flexibility index (Phi) is 5.31. The van der Waals surface area contributed by atoms with Gasteiger partial charge in [-0.1, -0.05) is 0 Å². The van der Waals surface area contributed by atoms with E-state index in [9.17, 15) is 9.18 Å². The van der Waals surface area contributed by atoms with E-state index in [1.807, 2.05) is 12.1 Å². The third-order valence-corrected chi connectivity index (χ3v) is 6.90. The molecule has 0 spiro atoms. The van der Waals surface area contributed by atoms with E-state index >= 15 is 4.39 Å². The SMILES string of the molecule is Cc1c(-c2cc3cc(Nc4cc5n(n4)CC(=O)N(C)CC5)ncc3cc2F)cnc2c1[C@H](F)CCO2. The largest absolute Gasteiger partial charge is 0.477 e. The summed E-state index contributed by atoms with van der Waals surface area (Å²) in [6.07, 6.45) is 2.90. The Morgan fingerprint density at radius 1 is 1.08 bits per heavy atom. The summed E-state index contributed by atoms with van der Waals surface area (Å²) in [6, 6.07) is 6.86. The van der Waals surface area contributed by atoms with Gasteiger partial charge in [0.15, 0.2) is 5.82 Å². The Balaban J connectivity index is 1.34. The van der Waals surface area contributed by atoms with Crippen LogP contribution >= 0.6 is 0 Å². The molecule has 0 radical (unpaired) electrons. The third kappa shape index (κ3) is 3.82. The molecule has 0 fully saturated rings. The summed E-state index contributed by atoms with van der Waals surface area (Å²) in [6.45, 7) is 2.88. The van der Waals surface area contributed by atoms with Crippen molar-refractivity contribution in [3.8, 4) is 17.0 Å². The standard InChI is InChI=1S/C26H24F2N6O2/c1-14-19(12-30-26-25(14)20(27)4-6-36-26)18-7-15-9-22(29-11-16(15)8-21(18)28)31-23-10-17-3-5-33(2)24(35)13-34(17)32-23/h7-12,20H,3-6,13H2,1-2H3,(H,29,31,32)/t20-/m1/s1. The summed E-state index contributed by atoms with van der Waals surface area (Å²) in [4.78, 5) is 22.5. The topological polar surface area (TPSA) is 85.2 Å². The number of rotatable bonds is 3. The molecule has 2 aliphatic heterocycles. The first-order valence-corrected chi connectivity index (χ1v) is 11.8. The molecule has 3 aromatic heterocycles. The molecule has 0 saturated heterocycles. The van der Waals surface area contributed by atoms with Crippen LogP contribution < -0.4 is 10.1 Å². The number of alkyl halides is 1. The number of carbonyl (C=O) groups is 1. The lowest BCUT2D eigenvalue weighted by Crippen LogP contribution is -2.29. The van der Waals surface area contributed by atoms with Crippen molar-refractivity contribution in [3.05, 3.63) is 59.3 Å². The van der Waals surface area contributed by atoms with E-state index in [0.29, 0.717) is 52.2 Å². The average molecular weight is 491 g/mol. The van der Waals surface area contributed by atoms with Gasteiger partial charge < -0.3 is 15.0 Å². The maximum absolute atomic E-state index is 15.1. The van der Waals surface area contributed by atoms with Gasteiger partial charge in [0.25, 0.3) is 0 Å². The van der Waals surface area contributed by atoms with Gasteiger partial charge in [-0.3, -0.25) is 9.48 Å². The first-order chi connectivity index (χ1) is 17.4. The average Bonchev–Trinajstić information content (AvgIpc) is 3.17. The maximum atomic E-state index is 15.1. The van der Waals surface area contributed by atoms with Gasteiger partial charge in [0.05, 0.1) is 12.2 Å². The van der Waals surface area contributed by atoms with Crippen molar-refractivity contribution in [1.82, 2.24) is 24.6 Å². The van der Waals surface area contributed by atoms with Crippen LogP contribution in [-0.4, -0.2) is 50.8 Å². The summed E-state index contributed by atoms with van der Waals surface area (Å²) in [5.41, 5.74) is 2.84. The van der Waals surface area contributed by atoms with E-state index in [2.05, 4.69) is 20.4 Å². The quantitative estimate of drug-likeness (QED) is 0.456. The molecule has 1 atom stereocenters. The van der Waals surface area contributed by atoms with Crippen molar-refractivity contribution in [2.45, 2.75) is 32.5 Å². The molecule has 1 aromatic carbocycles. The molecule has 0 bridgehead atoms. The summed E-state index contributed by atoms with van der Waals surface area (Å²) < 4.78 is 37.0. The molecule has 0 aliphatic carbocycles. The van der Waals surface area contributed by atoms with Gasteiger partial charge in [-0.15, -0.1) is 0 Å². The van der Waals surface area contributed by atoms with Gasteiger partial charge in [-0.05, 0) is 36.1 Å². The Morgan fingerprint density at radius 2 is 1.94 bits per heavy atom. The molecular weight excluding hydrogens is 466 g/mol. The Bertz CT molecular complexity index is 1520. The van der Waals surface area contributed by atoms with Crippen molar-refractivity contribution >= 4 is 28.3 Å². The minimum absolute atomic E-state index is 0.0133. The number of halogens is 2. The lowest BCUT2D eigenvalue weighted by Gasteiger charge is -2.23. The number of nitrogens with one attached hydrogen (secondary N) is 1. The van der Waals surface area contributed by atoms with Crippen molar-refractivity contribution in [3.63, 3.8) is 0 Å². The third-order valence-electron chi connectivity index (χ3n) is 6.90. The van der Waals surface area contributed by atoms with Crippen LogP contribution in [0.5, 0.6) is 5.88 Å². The molecule has 36 heavy (non-hydrogen) atoms. The zero-order chi connectivity index (χ0) is 25.0. The number of carbonyl (C=O) groups excluding carboxylic acids is 1. The van der Waals surface area contributed by atoms with Gasteiger partial charge in [0.1, 0.15) is 24.4 Å². The first kappa shape index (κ1) is 22.4. The van der Waals surface area contributed by atoms with Crippen LogP contribution in [0.2, 0.25) is 0 Å². The number of nitrogens with zero attached hydrogens (tertiary/aromatic N) is 5. The molecule has 5 heterocycles. The van der Waals surface area contributed by atoms with E-state index in [1.165, 1.54) is 12.3 Å².